The van der Waals surface area contributed by atoms with Gasteiger partial charge in [0.15, 0.2) is 4.77 Å². The number of hydrogen-bond donors (Lipinski definition) is 2. The molecule has 1 unspecified atom stereocenters. The van der Waals surface area contributed by atoms with Gasteiger partial charge in [-0.2, -0.15) is 0 Å². The van der Waals surface area contributed by atoms with Gasteiger partial charge in [-0.3, -0.25) is 14.2 Å². The molecule has 3 aromatic rings. The molecule has 1 amide bonds. The second-order valence-electron chi connectivity index (χ2n) is 8.44. The van der Waals surface area contributed by atoms with E-state index in [9.17, 15) is 9.59 Å². The third kappa shape index (κ3) is 6.14. The van der Waals surface area contributed by atoms with Crippen molar-refractivity contribution in [2.75, 3.05) is 20.6 Å². The van der Waals surface area contributed by atoms with E-state index in [-0.39, 0.29) is 17.5 Å². The predicted octanol–water partition coefficient (Wildman–Crippen LogP) is 4.35. The van der Waals surface area contributed by atoms with Crippen molar-refractivity contribution >= 4 is 29.0 Å². The van der Waals surface area contributed by atoms with Gasteiger partial charge in [0.2, 0.25) is 5.91 Å². The molecule has 0 saturated heterocycles. The van der Waals surface area contributed by atoms with Gasteiger partial charge in [0.1, 0.15) is 0 Å². The first-order valence-corrected chi connectivity index (χ1v) is 11.5. The third-order valence-electron chi connectivity index (χ3n) is 5.75. The Kier molecular flexibility index (Phi) is 8.36. The molecule has 0 saturated carbocycles. The van der Waals surface area contributed by atoms with Crippen LogP contribution in [0.25, 0.3) is 10.9 Å². The molecular weight excluding hydrogens is 420 g/mol. The highest BCUT2D eigenvalue weighted by atomic mass is 32.1. The third-order valence-corrected chi connectivity index (χ3v) is 6.08. The normalized spacial score (nSPS) is 12.2. The molecule has 1 heterocycles. The van der Waals surface area contributed by atoms with Crippen LogP contribution in [-0.2, 0) is 11.3 Å². The summed E-state index contributed by atoms with van der Waals surface area (Å²) in [6, 6.07) is 16.0. The van der Waals surface area contributed by atoms with Crippen molar-refractivity contribution < 1.29 is 4.79 Å². The molecule has 0 bridgehead atoms. The van der Waals surface area contributed by atoms with Crippen molar-refractivity contribution in [1.29, 1.82) is 0 Å². The summed E-state index contributed by atoms with van der Waals surface area (Å²) < 4.78 is 2.05. The van der Waals surface area contributed by atoms with Gasteiger partial charge in [-0.05, 0) is 63.8 Å². The summed E-state index contributed by atoms with van der Waals surface area (Å²) in [7, 11) is 4.05. The molecule has 0 fully saturated rings. The first-order valence-electron chi connectivity index (χ1n) is 11.1. The van der Waals surface area contributed by atoms with Crippen molar-refractivity contribution in [3.63, 3.8) is 0 Å². The van der Waals surface area contributed by atoms with E-state index >= 15 is 0 Å². The van der Waals surface area contributed by atoms with Crippen LogP contribution < -0.4 is 10.9 Å². The first kappa shape index (κ1) is 23.9. The van der Waals surface area contributed by atoms with Crippen LogP contribution in [0, 0.1) is 11.7 Å². The smallest absolute Gasteiger partial charge is 0.262 e. The number of unbranched alkanes of at least 4 members (excludes halogenated alkanes) is 2. The van der Waals surface area contributed by atoms with Crippen LogP contribution >= 0.6 is 12.2 Å². The highest BCUT2D eigenvalue weighted by Gasteiger charge is 2.15. The molecule has 170 valence electrons. The van der Waals surface area contributed by atoms with Crippen LogP contribution in [0.3, 0.4) is 0 Å². The molecule has 0 spiro atoms. The number of carbonyl (C=O) groups is 1. The Morgan fingerprint density at radius 3 is 2.53 bits per heavy atom. The lowest BCUT2D eigenvalue weighted by Crippen LogP contribution is -2.34. The number of aromatic nitrogens is 2. The first-order chi connectivity index (χ1) is 15.4. The number of likely N-dealkylation sites (N-methyl/N-ethyl adjacent to an activating group) is 1. The lowest BCUT2D eigenvalue weighted by Gasteiger charge is -2.25. The lowest BCUT2D eigenvalue weighted by atomic mass is 10.0. The van der Waals surface area contributed by atoms with Gasteiger partial charge in [0.25, 0.3) is 5.56 Å². The van der Waals surface area contributed by atoms with Crippen LogP contribution in [0.15, 0.2) is 53.3 Å². The number of benzene rings is 2. The van der Waals surface area contributed by atoms with Crippen LogP contribution in [0.5, 0.6) is 0 Å². The van der Waals surface area contributed by atoms with Crippen molar-refractivity contribution in [2.24, 2.45) is 0 Å². The number of amides is 1. The number of fused-ring (bicyclic) bond motifs is 1. The minimum Gasteiger partial charge on any atom is -0.354 e. The van der Waals surface area contributed by atoms with Gasteiger partial charge in [0.05, 0.1) is 16.9 Å². The fraction of sp³-hybridized carbons (Fsp3) is 0.400. The lowest BCUT2D eigenvalue weighted by molar-refractivity contribution is -0.121. The molecule has 3 rings (SSSR count). The number of para-hydroxylation sites is 1. The zero-order valence-electron chi connectivity index (χ0n) is 19.1. The standard InChI is InChI=1S/C25H32N4O2S/c1-18-12-14-19(15-13-18)22(28(2)3)17-26-23(30)11-5-4-8-16-29-24(31)20-9-6-7-10-21(20)27-25(29)32/h6-7,9-10,12-15,22H,4-5,8,11,16-17H2,1-3H3,(H,26,30)(H,27,32). The van der Waals surface area contributed by atoms with E-state index in [4.69, 9.17) is 12.2 Å². The quantitative estimate of drug-likeness (QED) is 0.354. The Bertz CT molecular complexity index is 1170. The second-order valence-corrected chi connectivity index (χ2v) is 8.82. The van der Waals surface area contributed by atoms with E-state index in [0.717, 1.165) is 24.8 Å². The molecule has 1 atom stereocenters. The summed E-state index contributed by atoms with van der Waals surface area (Å²) in [5.74, 6) is 0.0594. The van der Waals surface area contributed by atoms with Gasteiger partial charge >= 0.3 is 0 Å². The van der Waals surface area contributed by atoms with Crippen LogP contribution in [0.4, 0.5) is 0 Å². The van der Waals surface area contributed by atoms with Crippen molar-refractivity contribution in [1.82, 2.24) is 19.8 Å². The van der Waals surface area contributed by atoms with E-state index in [1.54, 1.807) is 10.6 Å². The van der Waals surface area contributed by atoms with E-state index in [1.165, 1.54) is 11.1 Å². The average molecular weight is 453 g/mol. The van der Waals surface area contributed by atoms with Crippen molar-refractivity contribution in [3.05, 3.63) is 74.8 Å². The molecule has 0 aliphatic heterocycles. The number of aromatic amines is 1. The van der Waals surface area contributed by atoms with Crippen LogP contribution in [0.2, 0.25) is 0 Å². The van der Waals surface area contributed by atoms with Gasteiger partial charge < -0.3 is 15.2 Å². The monoisotopic (exact) mass is 452 g/mol. The number of nitrogens with zero attached hydrogens (tertiary/aromatic N) is 2. The number of aryl methyl sites for hydroxylation is 1. The fourth-order valence-corrected chi connectivity index (χ4v) is 4.10. The predicted molar refractivity (Wildman–Crippen MR) is 132 cm³/mol. The minimum absolute atomic E-state index is 0.0594. The Morgan fingerprint density at radius 1 is 1.09 bits per heavy atom. The molecule has 0 aliphatic carbocycles. The van der Waals surface area contributed by atoms with Crippen molar-refractivity contribution in [3.8, 4) is 0 Å². The Balaban J connectivity index is 1.44. The largest absolute Gasteiger partial charge is 0.354 e. The molecule has 0 radical (unpaired) electrons. The van der Waals surface area contributed by atoms with Gasteiger partial charge in [-0.25, -0.2) is 0 Å². The molecule has 32 heavy (non-hydrogen) atoms. The van der Waals surface area contributed by atoms with E-state index < -0.39 is 0 Å². The molecule has 7 heteroatoms. The summed E-state index contributed by atoms with van der Waals surface area (Å²) >= 11 is 5.35. The van der Waals surface area contributed by atoms with Crippen molar-refractivity contribution in [2.45, 2.75) is 45.2 Å². The number of nitrogens with one attached hydrogen (secondary N) is 2. The topological polar surface area (TPSA) is 70.1 Å². The maximum atomic E-state index is 12.7. The molecule has 2 aromatic carbocycles. The zero-order valence-corrected chi connectivity index (χ0v) is 19.9. The molecule has 2 N–H and O–H groups in total. The summed E-state index contributed by atoms with van der Waals surface area (Å²) in [4.78, 5) is 30.2. The number of H-pyrrole nitrogens is 1. The number of hydrogen-bond acceptors (Lipinski definition) is 4. The maximum Gasteiger partial charge on any atom is 0.262 e. The highest BCUT2D eigenvalue weighted by molar-refractivity contribution is 7.71. The molecule has 0 aliphatic rings. The Hall–Kier alpha value is -2.77. The zero-order chi connectivity index (χ0) is 23.1. The van der Waals surface area contributed by atoms with Crippen LogP contribution in [-0.4, -0.2) is 41.0 Å². The Labute approximate surface area is 194 Å². The van der Waals surface area contributed by atoms with Gasteiger partial charge in [0, 0.05) is 19.5 Å². The number of rotatable bonds is 10. The number of carbonyl (C=O) groups excluding carboxylic acids is 1. The summed E-state index contributed by atoms with van der Waals surface area (Å²) in [6.07, 6.45) is 2.92. The SMILES string of the molecule is Cc1ccc(C(CNC(=O)CCCCCn2c(=S)[nH]c3ccccc3c2=O)N(C)C)cc1. The van der Waals surface area contributed by atoms with E-state index in [0.29, 0.717) is 29.7 Å². The summed E-state index contributed by atoms with van der Waals surface area (Å²) in [5, 5.41) is 3.71. The summed E-state index contributed by atoms with van der Waals surface area (Å²) in [6.45, 7) is 3.20. The molecule has 6 nitrogen and oxygen atoms in total. The highest BCUT2D eigenvalue weighted by Crippen LogP contribution is 2.18. The fourth-order valence-electron chi connectivity index (χ4n) is 3.82. The average Bonchev–Trinajstić information content (AvgIpc) is 2.76. The van der Waals surface area contributed by atoms with Gasteiger partial charge in [-0.1, -0.05) is 48.4 Å². The van der Waals surface area contributed by atoms with Gasteiger partial charge in [-0.15, -0.1) is 0 Å². The molecule has 1 aromatic heterocycles. The minimum atomic E-state index is -0.0621. The maximum absolute atomic E-state index is 12.7. The van der Waals surface area contributed by atoms with E-state index in [2.05, 4.69) is 46.4 Å². The van der Waals surface area contributed by atoms with E-state index in [1.807, 2.05) is 32.3 Å². The second kappa shape index (κ2) is 11.2. The molecular formula is C25H32N4O2S. The Morgan fingerprint density at radius 2 is 1.81 bits per heavy atom. The summed E-state index contributed by atoms with van der Waals surface area (Å²) in [5.41, 5.74) is 3.12. The van der Waals surface area contributed by atoms with Crippen LogP contribution in [0.1, 0.15) is 42.9 Å².